The maximum Gasteiger partial charge on any atom is 0.337 e. The summed E-state index contributed by atoms with van der Waals surface area (Å²) in [7, 11) is 1.32. The van der Waals surface area contributed by atoms with Crippen LogP contribution in [0.3, 0.4) is 0 Å². The molecule has 0 saturated heterocycles. The lowest BCUT2D eigenvalue weighted by Gasteiger charge is -2.18. The van der Waals surface area contributed by atoms with Crippen molar-refractivity contribution in [3.05, 3.63) is 53.6 Å². The van der Waals surface area contributed by atoms with Crippen LogP contribution in [-0.2, 0) is 16.0 Å². The number of carbonyl (C=O) groups is 2. The van der Waals surface area contributed by atoms with Crippen LogP contribution in [0.5, 0.6) is 11.5 Å². The van der Waals surface area contributed by atoms with E-state index in [2.05, 4.69) is 10.1 Å². The van der Waals surface area contributed by atoms with E-state index < -0.39 is 5.97 Å². The van der Waals surface area contributed by atoms with E-state index in [0.29, 0.717) is 37.3 Å². The Balaban J connectivity index is 1.49. The quantitative estimate of drug-likeness (QED) is 0.806. The van der Waals surface area contributed by atoms with Crippen molar-refractivity contribution in [3.63, 3.8) is 0 Å². The maximum atomic E-state index is 12.1. The molecule has 3 rings (SSSR count). The summed E-state index contributed by atoms with van der Waals surface area (Å²) in [6.45, 7) is 1.13. The van der Waals surface area contributed by atoms with E-state index in [9.17, 15) is 9.59 Å². The van der Waals surface area contributed by atoms with E-state index in [1.807, 2.05) is 18.2 Å². The first-order chi connectivity index (χ1) is 12.7. The van der Waals surface area contributed by atoms with Crippen LogP contribution in [0.25, 0.3) is 0 Å². The lowest BCUT2D eigenvalue weighted by molar-refractivity contribution is -0.116. The van der Waals surface area contributed by atoms with Gasteiger partial charge >= 0.3 is 5.97 Å². The zero-order chi connectivity index (χ0) is 18.4. The summed E-state index contributed by atoms with van der Waals surface area (Å²) in [6.07, 6.45) is 1.87. The lowest BCUT2D eigenvalue weighted by Crippen LogP contribution is -2.15. The third-order valence-electron chi connectivity index (χ3n) is 4.04. The van der Waals surface area contributed by atoms with E-state index >= 15 is 0 Å². The topological polar surface area (TPSA) is 73.9 Å². The second-order valence-corrected chi connectivity index (χ2v) is 5.95. The highest BCUT2D eigenvalue weighted by Gasteiger charge is 2.12. The van der Waals surface area contributed by atoms with Gasteiger partial charge in [-0.2, -0.15) is 0 Å². The van der Waals surface area contributed by atoms with Crippen molar-refractivity contribution in [2.45, 2.75) is 19.3 Å². The van der Waals surface area contributed by atoms with Crippen molar-refractivity contribution >= 4 is 17.6 Å². The molecule has 6 nitrogen and oxygen atoms in total. The normalized spacial score (nSPS) is 12.3. The van der Waals surface area contributed by atoms with E-state index in [4.69, 9.17) is 9.47 Å². The van der Waals surface area contributed by atoms with Crippen LogP contribution in [0.4, 0.5) is 5.69 Å². The molecule has 6 heteroatoms. The molecule has 0 atom stereocenters. The molecule has 1 amide bonds. The molecule has 1 aliphatic rings. The lowest BCUT2D eigenvalue weighted by atomic mass is 10.1. The highest BCUT2D eigenvalue weighted by atomic mass is 16.6. The molecule has 2 aromatic rings. The fourth-order valence-electron chi connectivity index (χ4n) is 2.76. The summed E-state index contributed by atoms with van der Waals surface area (Å²) >= 11 is 0. The standard InChI is InChI=1S/C20H21NO5/c1-24-20(23)15-5-3-6-16(13-15)21-19(22)7-2-4-14-8-9-17-18(12-14)26-11-10-25-17/h3,5-6,8-9,12-13H,2,4,7,10-11H2,1H3,(H,21,22). The van der Waals surface area contributed by atoms with E-state index in [0.717, 1.165) is 23.5 Å². The first kappa shape index (κ1) is 17.8. The fourth-order valence-corrected chi connectivity index (χ4v) is 2.76. The molecular weight excluding hydrogens is 334 g/mol. The SMILES string of the molecule is COC(=O)c1cccc(NC(=O)CCCc2ccc3c(c2)OCCO3)c1. The number of aryl methyl sites for hydroxylation is 1. The summed E-state index contributed by atoms with van der Waals surface area (Å²) in [6, 6.07) is 12.6. The highest BCUT2D eigenvalue weighted by Crippen LogP contribution is 2.31. The minimum absolute atomic E-state index is 0.0930. The zero-order valence-electron chi connectivity index (χ0n) is 14.6. The van der Waals surface area contributed by atoms with Crippen LogP contribution in [0.1, 0.15) is 28.8 Å². The van der Waals surface area contributed by atoms with Crippen molar-refractivity contribution < 1.29 is 23.8 Å². The minimum Gasteiger partial charge on any atom is -0.486 e. The third-order valence-corrected chi connectivity index (χ3v) is 4.04. The Morgan fingerprint density at radius 1 is 1.08 bits per heavy atom. The molecule has 1 heterocycles. The number of carbonyl (C=O) groups excluding carboxylic acids is 2. The fraction of sp³-hybridized carbons (Fsp3) is 0.300. The van der Waals surface area contributed by atoms with Gasteiger partial charge in [0.1, 0.15) is 13.2 Å². The Bertz CT molecular complexity index is 803. The highest BCUT2D eigenvalue weighted by molar-refractivity contribution is 5.94. The minimum atomic E-state index is -0.431. The van der Waals surface area contributed by atoms with E-state index in [1.165, 1.54) is 7.11 Å². The Morgan fingerprint density at radius 3 is 2.69 bits per heavy atom. The van der Waals surface area contributed by atoms with Crippen LogP contribution in [0.15, 0.2) is 42.5 Å². The Labute approximate surface area is 152 Å². The van der Waals surface area contributed by atoms with Gasteiger partial charge in [-0.25, -0.2) is 4.79 Å². The Morgan fingerprint density at radius 2 is 1.88 bits per heavy atom. The number of ether oxygens (including phenoxy) is 3. The van der Waals surface area contributed by atoms with Crippen molar-refractivity contribution in [1.29, 1.82) is 0 Å². The largest absolute Gasteiger partial charge is 0.486 e. The summed E-state index contributed by atoms with van der Waals surface area (Å²) in [5.41, 5.74) is 2.09. The molecule has 0 spiro atoms. The summed E-state index contributed by atoms with van der Waals surface area (Å²) in [5, 5.41) is 2.81. The van der Waals surface area contributed by atoms with Crippen molar-refractivity contribution in [2.75, 3.05) is 25.6 Å². The second kappa shape index (κ2) is 8.38. The Hall–Kier alpha value is -3.02. The molecule has 26 heavy (non-hydrogen) atoms. The molecule has 2 aromatic carbocycles. The first-order valence-electron chi connectivity index (χ1n) is 8.52. The van der Waals surface area contributed by atoms with E-state index in [1.54, 1.807) is 24.3 Å². The monoisotopic (exact) mass is 355 g/mol. The average molecular weight is 355 g/mol. The van der Waals surface area contributed by atoms with Crippen LogP contribution < -0.4 is 14.8 Å². The van der Waals surface area contributed by atoms with Crippen molar-refractivity contribution in [2.24, 2.45) is 0 Å². The van der Waals surface area contributed by atoms with Gasteiger partial charge in [0.05, 0.1) is 12.7 Å². The van der Waals surface area contributed by atoms with Gasteiger partial charge in [-0.05, 0) is 48.7 Å². The maximum absolute atomic E-state index is 12.1. The third kappa shape index (κ3) is 4.53. The molecular formula is C20H21NO5. The van der Waals surface area contributed by atoms with Gasteiger partial charge in [-0.1, -0.05) is 12.1 Å². The van der Waals surface area contributed by atoms with E-state index in [-0.39, 0.29) is 5.91 Å². The van der Waals surface area contributed by atoms with Gasteiger partial charge in [0.15, 0.2) is 11.5 Å². The number of nitrogens with one attached hydrogen (secondary N) is 1. The summed E-state index contributed by atoms with van der Waals surface area (Å²) < 4.78 is 15.7. The van der Waals surface area contributed by atoms with Crippen LogP contribution in [-0.4, -0.2) is 32.2 Å². The number of hydrogen-bond acceptors (Lipinski definition) is 5. The van der Waals surface area contributed by atoms with Gasteiger partial charge < -0.3 is 19.5 Å². The van der Waals surface area contributed by atoms with Crippen molar-refractivity contribution in [1.82, 2.24) is 0 Å². The molecule has 0 unspecified atom stereocenters. The van der Waals surface area contributed by atoms with Gasteiger partial charge in [-0.15, -0.1) is 0 Å². The average Bonchev–Trinajstić information content (AvgIpc) is 2.67. The predicted octanol–water partition coefficient (Wildman–Crippen LogP) is 3.21. The first-order valence-corrected chi connectivity index (χ1v) is 8.52. The molecule has 0 aromatic heterocycles. The van der Waals surface area contributed by atoms with Crippen molar-refractivity contribution in [3.8, 4) is 11.5 Å². The number of hydrogen-bond donors (Lipinski definition) is 1. The molecule has 1 N–H and O–H groups in total. The number of methoxy groups -OCH3 is 1. The number of rotatable bonds is 6. The smallest absolute Gasteiger partial charge is 0.337 e. The molecule has 136 valence electrons. The zero-order valence-corrected chi connectivity index (χ0v) is 14.6. The molecule has 0 fully saturated rings. The number of benzene rings is 2. The molecule has 0 saturated carbocycles. The molecule has 0 radical (unpaired) electrons. The predicted molar refractivity (Wildman–Crippen MR) is 96.8 cm³/mol. The number of fused-ring (bicyclic) bond motifs is 1. The molecule has 1 aliphatic heterocycles. The van der Waals surface area contributed by atoms with Crippen LogP contribution in [0.2, 0.25) is 0 Å². The number of esters is 1. The Kier molecular flexibility index (Phi) is 5.73. The summed E-state index contributed by atoms with van der Waals surface area (Å²) in [5.74, 6) is 1.00. The molecule has 0 aliphatic carbocycles. The molecule has 0 bridgehead atoms. The van der Waals surface area contributed by atoms with Gasteiger partial charge in [0.2, 0.25) is 5.91 Å². The van der Waals surface area contributed by atoms with Gasteiger partial charge in [0.25, 0.3) is 0 Å². The number of anilines is 1. The summed E-state index contributed by atoms with van der Waals surface area (Å²) in [4.78, 5) is 23.6. The van der Waals surface area contributed by atoms with Crippen LogP contribution >= 0.6 is 0 Å². The van der Waals surface area contributed by atoms with Gasteiger partial charge in [0, 0.05) is 12.1 Å². The number of amides is 1. The van der Waals surface area contributed by atoms with Crippen LogP contribution in [0, 0.1) is 0 Å². The van der Waals surface area contributed by atoms with Gasteiger partial charge in [-0.3, -0.25) is 4.79 Å². The second-order valence-electron chi connectivity index (χ2n) is 5.95.